The maximum absolute atomic E-state index is 12.9. The average Bonchev–Trinajstić information content (AvgIpc) is 3.21. The van der Waals surface area contributed by atoms with E-state index in [0.29, 0.717) is 19.6 Å². The molecule has 2 heterocycles. The summed E-state index contributed by atoms with van der Waals surface area (Å²) in [7, 11) is -3.61. The number of amides is 1. The van der Waals surface area contributed by atoms with Gasteiger partial charge in [-0.05, 0) is 58.7 Å². The van der Waals surface area contributed by atoms with Crippen LogP contribution in [0.3, 0.4) is 0 Å². The zero-order valence-corrected chi connectivity index (χ0v) is 19.7. The summed E-state index contributed by atoms with van der Waals surface area (Å²) >= 11 is 6.24. The van der Waals surface area contributed by atoms with Crippen molar-refractivity contribution in [2.24, 2.45) is 0 Å². The first kappa shape index (κ1) is 23.5. The summed E-state index contributed by atoms with van der Waals surface area (Å²) in [5, 5.41) is 3.18. The van der Waals surface area contributed by atoms with E-state index in [1.54, 1.807) is 0 Å². The van der Waals surface area contributed by atoms with Gasteiger partial charge in [-0.1, -0.05) is 11.6 Å². The molecule has 2 aliphatic rings. The number of carbonyl (C=O) groups excluding carboxylic acids is 1. The topological polar surface area (TPSA) is 79.0 Å². The zero-order valence-electron chi connectivity index (χ0n) is 18.2. The first-order valence-electron chi connectivity index (χ1n) is 10.5. The van der Waals surface area contributed by atoms with Gasteiger partial charge in [0.25, 0.3) is 5.91 Å². The molecule has 7 nitrogen and oxygen atoms in total. The number of rotatable bonds is 6. The number of ether oxygens (including phenoxy) is 1. The van der Waals surface area contributed by atoms with Crippen molar-refractivity contribution in [2.45, 2.75) is 63.2 Å². The number of carbonyl (C=O) groups is 1. The molecule has 0 bridgehead atoms. The first-order valence-corrected chi connectivity index (χ1v) is 12.3. The van der Waals surface area contributed by atoms with E-state index >= 15 is 0 Å². The number of morpholine rings is 1. The van der Waals surface area contributed by atoms with Gasteiger partial charge in [-0.3, -0.25) is 9.69 Å². The molecule has 0 aliphatic carbocycles. The lowest BCUT2D eigenvalue weighted by Gasteiger charge is -2.45. The van der Waals surface area contributed by atoms with E-state index in [9.17, 15) is 13.2 Å². The molecule has 3 rings (SSSR count). The third-order valence-electron chi connectivity index (χ3n) is 5.84. The van der Waals surface area contributed by atoms with Gasteiger partial charge in [-0.15, -0.1) is 0 Å². The second-order valence-electron chi connectivity index (χ2n) is 8.91. The third-order valence-corrected chi connectivity index (χ3v) is 8.07. The standard InChI is InChI=1S/C21H32ClN3O4S/c1-15-12-24(13-16(2)29-15)21(3,4)14-23-20(26)18-11-17(7-8-19(18)22)30(27,28)25-9-5-6-10-25/h7-8,11,15-16H,5-6,9-10,12-14H2,1-4H3,(H,23,26). The Morgan fingerprint density at radius 3 is 2.40 bits per heavy atom. The van der Waals surface area contributed by atoms with E-state index in [0.717, 1.165) is 25.9 Å². The Bertz CT molecular complexity index is 874. The zero-order chi connectivity index (χ0) is 22.1. The van der Waals surface area contributed by atoms with Gasteiger partial charge in [0, 0.05) is 38.3 Å². The van der Waals surface area contributed by atoms with E-state index in [1.165, 1.54) is 22.5 Å². The monoisotopic (exact) mass is 457 g/mol. The minimum Gasteiger partial charge on any atom is -0.373 e. The van der Waals surface area contributed by atoms with Crippen molar-refractivity contribution in [2.75, 3.05) is 32.7 Å². The number of halogens is 1. The maximum atomic E-state index is 12.9. The van der Waals surface area contributed by atoms with Gasteiger partial charge < -0.3 is 10.1 Å². The van der Waals surface area contributed by atoms with E-state index in [2.05, 4.69) is 24.1 Å². The van der Waals surface area contributed by atoms with Gasteiger partial charge in [-0.2, -0.15) is 4.31 Å². The molecule has 0 radical (unpaired) electrons. The largest absolute Gasteiger partial charge is 0.373 e. The van der Waals surface area contributed by atoms with E-state index in [4.69, 9.17) is 16.3 Å². The van der Waals surface area contributed by atoms with Crippen LogP contribution < -0.4 is 5.32 Å². The number of sulfonamides is 1. The Hall–Kier alpha value is -1.19. The lowest BCUT2D eigenvalue weighted by atomic mass is 10.00. The van der Waals surface area contributed by atoms with Crippen LogP contribution in [0.4, 0.5) is 0 Å². The number of benzene rings is 1. The molecule has 2 aliphatic heterocycles. The molecule has 1 aromatic carbocycles. The van der Waals surface area contributed by atoms with Crippen molar-refractivity contribution in [3.63, 3.8) is 0 Å². The molecule has 1 amide bonds. The van der Waals surface area contributed by atoms with Gasteiger partial charge in [0.05, 0.1) is 27.7 Å². The molecule has 30 heavy (non-hydrogen) atoms. The summed E-state index contributed by atoms with van der Waals surface area (Å²) in [6, 6.07) is 4.33. The Balaban J connectivity index is 1.72. The van der Waals surface area contributed by atoms with E-state index < -0.39 is 10.0 Å². The summed E-state index contributed by atoms with van der Waals surface area (Å²) in [4.78, 5) is 15.3. The van der Waals surface area contributed by atoms with Crippen LogP contribution in [0.2, 0.25) is 5.02 Å². The van der Waals surface area contributed by atoms with Crippen LogP contribution in [0.25, 0.3) is 0 Å². The van der Waals surface area contributed by atoms with Crippen LogP contribution >= 0.6 is 11.6 Å². The summed E-state index contributed by atoms with van der Waals surface area (Å²) in [6.45, 7) is 11.3. The first-order chi connectivity index (χ1) is 14.0. The fourth-order valence-corrected chi connectivity index (χ4v) is 5.84. The minimum absolute atomic E-state index is 0.106. The van der Waals surface area contributed by atoms with Gasteiger partial charge >= 0.3 is 0 Å². The van der Waals surface area contributed by atoms with Crippen molar-refractivity contribution in [1.82, 2.24) is 14.5 Å². The highest BCUT2D eigenvalue weighted by molar-refractivity contribution is 7.89. The molecule has 2 saturated heterocycles. The number of hydrogen-bond acceptors (Lipinski definition) is 5. The van der Waals surface area contributed by atoms with Gasteiger partial charge in [0.15, 0.2) is 0 Å². The van der Waals surface area contributed by atoms with Gasteiger partial charge in [0.2, 0.25) is 10.0 Å². The summed E-state index contributed by atoms with van der Waals surface area (Å²) in [6.07, 6.45) is 1.97. The molecule has 1 N–H and O–H groups in total. The lowest BCUT2D eigenvalue weighted by Crippen LogP contribution is -2.58. The Kier molecular flexibility index (Phi) is 7.14. The van der Waals surface area contributed by atoms with Crippen molar-refractivity contribution in [3.8, 4) is 0 Å². The highest BCUT2D eigenvalue weighted by Crippen LogP contribution is 2.26. The van der Waals surface area contributed by atoms with Crippen molar-refractivity contribution in [3.05, 3.63) is 28.8 Å². The summed E-state index contributed by atoms with van der Waals surface area (Å²) in [5.41, 5.74) is -0.107. The molecule has 0 spiro atoms. The normalized spacial score (nSPS) is 24.2. The predicted octanol–water partition coefficient (Wildman–Crippen LogP) is 2.74. The van der Waals surface area contributed by atoms with Crippen LogP contribution in [-0.2, 0) is 14.8 Å². The molecule has 1 aromatic rings. The van der Waals surface area contributed by atoms with Crippen LogP contribution in [0, 0.1) is 0 Å². The van der Waals surface area contributed by atoms with Gasteiger partial charge in [0.1, 0.15) is 0 Å². The fourth-order valence-electron chi connectivity index (χ4n) is 4.09. The average molecular weight is 458 g/mol. The molecular formula is C21H32ClN3O4S. The number of nitrogens with zero attached hydrogens (tertiary/aromatic N) is 2. The molecule has 0 saturated carbocycles. The molecule has 2 fully saturated rings. The molecule has 0 aromatic heterocycles. The second-order valence-corrected chi connectivity index (χ2v) is 11.3. The van der Waals surface area contributed by atoms with Crippen LogP contribution in [0.5, 0.6) is 0 Å². The quantitative estimate of drug-likeness (QED) is 0.710. The van der Waals surface area contributed by atoms with Crippen LogP contribution in [0.1, 0.15) is 50.9 Å². The summed E-state index contributed by atoms with van der Waals surface area (Å²) in [5.74, 6) is -0.374. The molecule has 2 unspecified atom stereocenters. The second kappa shape index (κ2) is 9.12. The smallest absolute Gasteiger partial charge is 0.252 e. The molecule has 2 atom stereocenters. The van der Waals surface area contributed by atoms with Crippen molar-refractivity contribution in [1.29, 1.82) is 0 Å². The SMILES string of the molecule is CC1CN(C(C)(C)CNC(=O)c2cc(S(=O)(=O)N3CCCC3)ccc2Cl)CC(C)O1. The maximum Gasteiger partial charge on any atom is 0.252 e. The minimum atomic E-state index is -3.61. The van der Waals surface area contributed by atoms with E-state index in [-0.39, 0.29) is 39.1 Å². The Morgan fingerprint density at radius 2 is 1.80 bits per heavy atom. The molecule has 9 heteroatoms. The van der Waals surface area contributed by atoms with Crippen LogP contribution in [-0.4, -0.2) is 74.0 Å². The third kappa shape index (κ3) is 5.16. The highest BCUT2D eigenvalue weighted by atomic mass is 35.5. The number of hydrogen-bond donors (Lipinski definition) is 1. The van der Waals surface area contributed by atoms with Crippen molar-refractivity contribution < 1.29 is 17.9 Å². The predicted molar refractivity (Wildman–Crippen MR) is 117 cm³/mol. The number of nitrogens with one attached hydrogen (secondary N) is 1. The highest BCUT2D eigenvalue weighted by Gasteiger charge is 2.34. The van der Waals surface area contributed by atoms with Crippen molar-refractivity contribution >= 4 is 27.5 Å². The van der Waals surface area contributed by atoms with Crippen LogP contribution in [0.15, 0.2) is 23.1 Å². The Morgan fingerprint density at radius 1 is 1.20 bits per heavy atom. The lowest BCUT2D eigenvalue weighted by molar-refractivity contribution is -0.0948. The molecular weight excluding hydrogens is 426 g/mol. The fraction of sp³-hybridized carbons (Fsp3) is 0.667. The Labute approximate surface area is 184 Å². The molecule has 168 valence electrons. The summed E-state index contributed by atoms with van der Waals surface area (Å²) < 4.78 is 32.9. The van der Waals surface area contributed by atoms with Gasteiger partial charge in [-0.25, -0.2) is 8.42 Å². The van der Waals surface area contributed by atoms with E-state index in [1.807, 2.05) is 13.8 Å².